The number of hydrogen-bond acceptors (Lipinski definition) is 3. The molecular formula is C25H19ClN2O3S. The van der Waals surface area contributed by atoms with E-state index < -0.39 is 11.0 Å². The van der Waals surface area contributed by atoms with E-state index >= 15 is 0 Å². The molecule has 0 aliphatic carbocycles. The van der Waals surface area contributed by atoms with E-state index in [1.807, 2.05) is 42.5 Å². The summed E-state index contributed by atoms with van der Waals surface area (Å²) in [4.78, 5) is 13.1. The van der Waals surface area contributed by atoms with Crippen LogP contribution in [0.15, 0.2) is 102 Å². The van der Waals surface area contributed by atoms with Gasteiger partial charge in [-0.15, -0.1) is 0 Å². The van der Waals surface area contributed by atoms with E-state index in [1.54, 1.807) is 42.5 Å². The Morgan fingerprint density at radius 2 is 1.47 bits per heavy atom. The van der Waals surface area contributed by atoms with Crippen LogP contribution in [0, 0.1) is 0 Å². The third kappa shape index (κ3) is 4.99. The van der Waals surface area contributed by atoms with Crippen molar-refractivity contribution in [2.24, 2.45) is 0 Å². The quantitative estimate of drug-likeness (QED) is 0.239. The first-order chi connectivity index (χ1) is 15.5. The van der Waals surface area contributed by atoms with Crippen LogP contribution in [0.3, 0.4) is 0 Å². The van der Waals surface area contributed by atoms with Gasteiger partial charge < -0.3 is 10.4 Å². The van der Waals surface area contributed by atoms with Gasteiger partial charge in [0.15, 0.2) is 11.0 Å². The fourth-order valence-electron chi connectivity index (χ4n) is 3.09. The molecule has 4 aromatic carbocycles. The molecule has 0 saturated carbocycles. The minimum absolute atomic E-state index is 0.101. The summed E-state index contributed by atoms with van der Waals surface area (Å²) in [6.07, 6.45) is 0. The van der Waals surface area contributed by atoms with Crippen molar-refractivity contribution in [1.82, 2.24) is 0 Å². The van der Waals surface area contributed by atoms with Gasteiger partial charge in [0.1, 0.15) is 5.75 Å². The number of carbonyl (C=O) groups excluding carboxylic acids is 1. The van der Waals surface area contributed by atoms with Crippen LogP contribution in [0.2, 0.25) is 5.02 Å². The minimum atomic E-state index is -1.69. The smallest absolute Gasteiger partial charge is 0.255 e. The van der Waals surface area contributed by atoms with Crippen LogP contribution in [0.4, 0.5) is 11.4 Å². The van der Waals surface area contributed by atoms with E-state index in [0.29, 0.717) is 21.2 Å². The first kappa shape index (κ1) is 21.6. The van der Waals surface area contributed by atoms with E-state index in [9.17, 15) is 14.1 Å². The number of phenols is 1. The summed E-state index contributed by atoms with van der Waals surface area (Å²) in [5, 5.41) is 13.3. The average Bonchev–Trinajstić information content (AvgIpc) is 2.82. The van der Waals surface area contributed by atoms with Crippen molar-refractivity contribution in [3.8, 4) is 16.9 Å². The van der Waals surface area contributed by atoms with E-state index in [4.69, 9.17) is 11.6 Å². The van der Waals surface area contributed by atoms with Gasteiger partial charge in [-0.25, -0.2) is 4.21 Å². The van der Waals surface area contributed by atoms with E-state index in [2.05, 4.69) is 10.0 Å². The number of hydrogen-bond donors (Lipinski definition) is 3. The lowest BCUT2D eigenvalue weighted by Crippen LogP contribution is -2.12. The molecule has 3 N–H and O–H groups in total. The molecule has 0 aliphatic heterocycles. The Morgan fingerprint density at radius 3 is 2.19 bits per heavy atom. The topological polar surface area (TPSA) is 78.4 Å². The Labute approximate surface area is 193 Å². The number of phenolic OH excluding ortho intramolecular Hbond substituents is 1. The van der Waals surface area contributed by atoms with Crippen molar-refractivity contribution in [3.63, 3.8) is 0 Å². The summed E-state index contributed by atoms with van der Waals surface area (Å²) in [6.45, 7) is 0. The van der Waals surface area contributed by atoms with Crippen molar-refractivity contribution in [2.45, 2.75) is 4.90 Å². The average molecular weight is 463 g/mol. The number of anilines is 2. The number of aromatic hydroxyl groups is 1. The van der Waals surface area contributed by atoms with Crippen LogP contribution < -0.4 is 10.0 Å². The minimum Gasteiger partial charge on any atom is -0.506 e. The lowest BCUT2D eigenvalue weighted by atomic mass is 10.0. The maximum atomic E-state index is 12.7. The molecule has 7 heteroatoms. The predicted molar refractivity (Wildman–Crippen MR) is 129 cm³/mol. The molecular weight excluding hydrogens is 444 g/mol. The van der Waals surface area contributed by atoms with E-state index in [1.165, 1.54) is 12.1 Å². The predicted octanol–water partition coefficient (Wildman–Crippen LogP) is 6.10. The molecule has 0 bridgehead atoms. The van der Waals surface area contributed by atoms with Gasteiger partial charge in [0.2, 0.25) is 0 Å². The molecule has 1 atom stereocenters. The summed E-state index contributed by atoms with van der Waals surface area (Å²) in [6, 6.07) is 28.4. The van der Waals surface area contributed by atoms with Gasteiger partial charge in [0, 0.05) is 11.3 Å². The zero-order valence-electron chi connectivity index (χ0n) is 16.8. The molecule has 0 saturated heterocycles. The van der Waals surface area contributed by atoms with Crippen molar-refractivity contribution < 1.29 is 14.1 Å². The van der Waals surface area contributed by atoms with Gasteiger partial charge in [-0.05, 0) is 53.6 Å². The van der Waals surface area contributed by atoms with Gasteiger partial charge in [0.25, 0.3) is 5.91 Å². The molecule has 0 radical (unpaired) electrons. The lowest BCUT2D eigenvalue weighted by Gasteiger charge is -2.12. The van der Waals surface area contributed by atoms with Gasteiger partial charge in [-0.2, -0.15) is 0 Å². The second kappa shape index (κ2) is 9.68. The summed E-state index contributed by atoms with van der Waals surface area (Å²) in [5.41, 5.74) is 3.23. The molecule has 4 aromatic rings. The molecule has 160 valence electrons. The van der Waals surface area contributed by atoms with Crippen molar-refractivity contribution >= 4 is 39.9 Å². The number of amides is 1. The molecule has 4 rings (SSSR count). The van der Waals surface area contributed by atoms with E-state index in [-0.39, 0.29) is 17.3 Å². The number of halogens is 1. The normalized spacial score (nSPS) is 11.5. The third-order valence-electron chi connectivity index (χ3n) is 4.75. The van der Waals surface area contributed by atoms with Crippen LogP contribution in [0.1, 0.15) is 10.4 Å². The number of carbonyl (C=O) groups is 1. The first-order valence-corrected chi connectivity index (χ1v) is 11.3. The fourth-order valence-corrected chi connectivity index (χ4v) is 4.36. The second-order valence-electron chi connectivity index (χ2n) is 6.93. The monoisotopic (exact) mass is 462 g/mol. The lowest BCUT2D eigenvalue weighted by molar-refractivity contribution is 0.102. The summed E-state index contributed by atoms with van der Waals surface area (Å²) in [7, 11) is -1.69. The Hall–Kier alpha value is -3.61. The van der Waals surface area contributed by atoms with Gasteiger partial charge in [0.05, 0.1) is 15.6 Å². The highest BCUT2D eigenvalue weighted by Gasteiger charge is 2.13. The highest BCUT2D eigenvalue weighted by atomic mass is 35.5. The molecule has 5 nitrogen and oxygen atoms in total. The van der Waals surface area contributed by atoms with E-state index in [0.717, 1.165) is 11.1 Å². The Bertz CT molecular complexity index is 1280. The number of nitrogens with one attached hydrogen (secondary N) is 2. The highest BCUT2D eigenvalue weighted by Crippen LogP contribution is 2.29. The van der Waals surface area contributed by atoms with Crippen molar-refractivity contribution in [1.29, 1.82) is 0 Å². The van der Waals surface area contributed by atoms with Crippen LogP contribution in [-0.4, -0.2) is 15.2 Å². The number of rotatable bonds is 6. The second-order valence-corrected chi connectivity index (χ2v) is 8.52. The van der Waals surface area contributed by atoms with Crippen molar-refractivity contribution in [3.05, 3.63) is 108 Å². The molecule has 1 amide bonds. The number of benzene rings is 4. The molecule has 0 aliphatic rings. The van der Waals surface area contributed by atoms with Crippen LogP contribution in [-0.2, 0) is 11.0 Å². The molecule has 32 heavy (non-hydrogen) atoms. The Kier molecular flexibility index (Phi) is 6.54. The maximum Gasteiger partial charge on any atom is 0.255 e. The first-order valence-electron chi connectivity index (χ1n) is 9.74. The van der Waals surface area contributed by atoms with Gasteiger partial charge in [-0.3, -0.25) is 9.52 Å². The highest BCUT2D eigenvalue weighted by molar-refractivity contribution is 7.86. The summed E-state index contributed by atoms with van der Waals surface area (Å²) in [5.74, 6) is -0.399. The maximum absolute atomic E-state index is 12.7. The Balaban J connectivity index is 1.48. The summed E-state index contributed by atoms with van der Waals surface area (Å²) < 4.78 is 15.3. The van der Waals surface area contributed by atoms with Gasteiger partial charge in [-0.1, -0.05) is 66.2 Å². The zero-order chi connectivity index (χ0) is 22.5. The van der Waals surface area contributed by atoms with Crippen LogP contribution in [0.5, 0.6) is 5.75 Å². The fraction of sp³-hybridized carbons (Fsp3) is 0. The molecule has 0 heterocycles. The molecule has 0 spiro atoms. The third-order valence-corrected chi connectivity index (χ3v) is 6.35. The SMILES string of the molecule is O=C(Nc1ccc(O)c(NS(=O)c2ccccc2Cl)c1)c1ccc(-c2ccccc2)cc1. The largest absolute Gasteiger partial charge is 0.506 e. The molecule has 0 aromatic heterocycles. The van der Waals surface area contributed by atoms with Gasteiger partial charge >= 0.3 is 0 Å². The Morgan fingerprint density at radius 1 is 0.812 bits per heavy atom. The standard InChI is InChI=1S/C25H19ClN2O3S/c26-21-8-4-5-9-24(21)32(31)28-22-16-20(14-15-23(22)29)27-25(30)19-12-10-18(11-13-19)17-6-2-1-3-7-17/h1-16,28-29H,(H,27,30). The molecule has 1 unspecified atom stereocenters. The van der Waals surface area contributed by atoms with Crippen LogP contribution >= 0.6 is 11.6 Å². The van der Waals surface area contributed by atoms with Crippen molar-refractivity contribution in [2.75, 3.05) is 10.0 Å². The van der Waals surface area contributed by atoms with Crippen LogP contribution in [0.25, 0.3) is 11.1 Å². The summed E-state index contributed by atoms with van der Waals surface area (Å²) >= 11 is 6.09. The molecule has 0 fully saturated rings. The zero-order valence-corrected chi connectivity index (χ0v) is 18.4.